The van der Waals surface area contributed by atoms with Crippen LogP contribution in [0.4, 0.5) is 0 Å². The number of rotatable bonds is 7. The van der Waals surface area contributed by atoms with Gasteiger partial charge in [-0.3, -0.25) is 14.4 Å². The van der Waals surface area contributed by atoms with Crippen molar-refractivity contribution in [3.8, 4) is 0 Å². The molecule has 1 saturated carbocycles. The molecule has 2 fully saturated rings. The number of piperazine rings is 1. The fourth-order valence-electron chi connectivity index (χ4n) is 4.69. The van der Waals surface area contributed by atoms with E-state index in [4.69, 9.17) is 0 Å². The van der Waals surface area contributed by atoms with E-state index in [1.54, 1.807) is 0 Å². The SMILES string of the molecule is O=C(NC1CCCCC1)[C@H]1C(=O)NC(Cc2ccccc2)C(=O)N1CCc1ccccc1. The fourth-order valence-corrected chi connectivity index (χ4v) is 4.69. The van der Waals surface area contributed by atoms with Crippen LogP contribution >= 0.6 is 0 Å². The van der Waals surface area contributed by atoms with Gasteiger partial charge in [-0.2, -0.15) is 0 Å². The van der Waals surface area contributed by atoms with Crippen LogP contribution in [0, 0.1) is 0 Å². The van der Waals surface area contributed by atoms with Crippen molar-refractivity contribution in [1.82, 2.24) is 15.5 Å². The molecule has 6 heteroatoms. The van der Waals surface area contributed by atoms with Gasteiger partial charge < -0.3 is 15.5 Å². The lowest BCUT2D eigenvalue weighted by molar-refractivity contribution is -0.154. The van der Waals surface area contributed by atoms with Crippen molar-refractivity contribution in [2.24, 2.45) is 0 Å². The van der Waals surface area contributed by atoms with Gasteiger partial charge in [0.15, 0.2) is 6.04 Å². The van der Waals surface area contributed by atoms with Gasteiger partial charge in [0.1, 0.15) is 6.04 Å². The van der Waals surface area contributed by atoms with Crippen molar-refractivity contribution in [3.05, 3.63) is 71.8 Å². The van der Waals surface area contributed by atoms with Crippen LogP contribution in [0.25, 0.3) is 0 Å². The Bertz CT molecular complexity index is 926. The second-order valence-corrected chi connectivity index (χ2v) is 8.76. The van der Waals surface area contributed by atoms with Gasteiger partial charge in [0.05, 0.1) is 0 Å². The largest absolute Gasteiger partial charge is 0.351 e. The Balaban J connectivity index is 1.52. The molecule has 2 N–H and O–H groups in total. The first-order chi connectivity index (χ1) is 15.6. The first kappa shape index (κ1) is 22.1. The molecule has 1 unspecified atom stereocenters. The molecule has 3 amide bonds. The summed E-state index contributed by atoms with van der Waals surface area (Å²) < 4.78 is 0. The predicted molar refractivity (Wildman–Crippen MR) is 123 cm³/mol. The van der Waals surface area contributed by atoms with Crippen molar-refractivity contribution < 1.29 is 14.4 Å². The van der Waals surface area contributed by atoms with Gasteiger partial charge in [0.2, 0.25) is 5.91 Å². The number of nitrogens with one attached hydrogen (secondary N) is 2. The quantitative estimate of drug-likeness (QED) is 0.659. The fraction of sp³-hybridized carbons (Fsp3) is 0.423. The first-order valence-electron chi connectivity index (χ1n) is 11.6. The van der Waals surface area contributed by atoms with Crippen molar-refractivity contribution in [2.75, 3.05) is 6.54 Å². The van der Waals surface area contributed by atoms with Crippen molar-refractivity contribution >= 4 is 17.7 Å². The van der Waals surface area contributed by atoms with Crippen LogP contribution in [-0.2, 0) is 27.2 Å². The minimum atomic E-state index is -1.12. The maximum absolute atomic E-state index is 13.4. The Labute approximate surface area is 189 Å². The van der Waals surface area contributed by atoms with Gasteiger partial charge in [-0.25, -0.2) is 0 Å². The summed E-state index contributed by atoms with van der Waals surface area (Å²) in [4.78, 5) is 41.1. The van der Waals surface area contributed by atoms with Crippen LogP contribution in [0.3, 0.4) is 0 Å². The summed E-state index contributed by atoms with van der Waals surface area (Å²) >= 11 is 0. The molecule has 2 aromatic rings. The third kappa shape index (κ3) is 5.36. The lowest BCUT2D eigenvalue weighted by Crippen LogP contribution is -2.68. The monoisotopic (exact) mass is 433 g/mol. The molecular formula is C26H31N3O3. The van der Waals surface area contributed by atoms with Gasteiger partial charge in [-0.15, -0.1) is 0 Å². The van der Waals surface area contributed by atoms with Gasteiger partial charge in [0, 0.05) is 19.0 Å². The van der Waals surface area contributed by atoms with Crippen LogP contribution in [0.5, 0.6) is 0 Å². The van der Waals surface area contributed by atoms with Crippen LogP contribution in [0.15, 0.2) is 60.7 Å². The summed E-state index contributed by atoms with van der Waals surface area (Å²) in [5.41, 5.74) is 2.04. The van der Waals surface area contributed by atoms with E-state index in [2.05, 4.69) is 10.6 Å². The van der Waals surface area contributed by atoms with Crippen molar-refractivity contribution in [3.63, 3.8) is 0 Å². The topological polar surface area (TPSA) is 78.5 Å². The molecule has 32 heavy (non-hydrogen) atoms. The van der Waals surface area contributed by atoms with E-state index in [9.17, 15) is 14.4 Å². The average molecular weight is 434 g/mol. The number of carbonyl (C=O) groups is 3. The molecule has 6 nitrogen and oxygen atoms in total. The minimum Gasteiger partial charge on any atom is -0.351 e. The Morgan fingerprint density at radius 3 is 2.19 bits per heavy atom. The summed E-state index contributed by atoms with van der Waals surface area (Å²) in [5.74, 6) is -0.964. The zero-order chi connectivity index (χ0) is 22.3. The van der Waals surface area contributed by atoms with E-state index >= 15 is 0 Å². The third-order valence-corrected chi connectivity index (χ3v) is 6.42. The Morgan fingerprint density at radius 2 is 1.53 bits per heavy atom. The van der Waals surface area contributed by atoms with Gasteiger partial charge in [-0.05, 0) is 30.4 Å². The number of nitrogens with zero attached hydrogens (tertiary/aromatic N) is 1. The molecule has 0 radical (unpaired) electrons. The lowest BCUT2D eigenvalue weighted by Gasteiger charge is -2.39. The number of hydrogen-bond donors (Lipinski definition) is 2. The molecule has 168 valence electrons. The summed E-state index contributed by atoms with van der Waals surface area (Å²) in [5, 5.41) is 5.86. The normalized spacial score (nSPS) is 21.8. The van der Waals surface area contributed by atoms with E-state index < -0.39 is 18.0 Å². The number of amides is 3. The zero-order valence-electron chi connectivity index (χ0n) is 18.3. The third-order valence-electron chi connectivity index (χ3n) is 6.42. The van der Waals surface area contributed by atoms with E-state index in [0.717, 1.165) is 36.8 Å². The van der Waals surface area contributed by atoms with E-state index in [-0.39, 0.29) is 17.9 Å². The second kappa shape index (κ2) is 10.4. The molecular weight excluding hydrogens is 402 g/mol. The molecule has 0 aromatic heterocycles. The van der Waals surface area contributed by atoms with E-state index in [1.165, 1.54) is 11.3 Å². The maximum Gasteiger partial charge on any atom is 0.253 e. The molecule has 2 atom stereocenters. The van der Waals surface area contributed by atoms with Crippen LogP contribution < -0.4 is 10.6 Å². The van der Waals surface area contributed by atoms with E-state index in [0.29, 0.717) is 19.4 Å². The van der Waals surface area contributed by atoms with Gasteiger partial charge >= 0.3 is 0 Å². The number of carbonyl (C=O) groups excluding carboxylic acids is 3. The maximum atomic E-state index is 13.4. The highest BCUT2D eigenvalue weighted by Gasteiger charge is 2.44. The summed E-state index contributed by atoms with van der Waals surface area (Å²) in [6.07, 6.45) is 6.19. The number of benzene rings is 2. The Morgan fingerprint density at radius 1 is 0.906 bits per heavy atom. The van der Waals surface area contributed by atoms with Crippen LogP contribution in [0.1, 0.15) is 43.2 Å². The summed E-state index contributed by atoms with van der Waals surface area (Å²) in [7, 11) is 0. The molecule has 1 heterocycles. The van der Waals surface area contributed by atoms with Crippen LogP contribution in [-0.4, -0.2) is 47.3 Å². The van der Waals surface area contributed by atoms with Crippen LogP contribution in [0.2, 0.25) is 0 Å². The first-order valence-corrected chi connectivity index (χ1v) is 11.6. The molecule has 1 aliphatic heterocycles. The molecule has 1 aliphatic carbocycles. The molecule has 4 rings (SSSR count). The zero-order valence-corrected chi connectivity index (χ0v) is 18.3. The highest BCUT2D eigenvalue weighted by atomic mass is 16.2. The predicted octanol–water partition coefficient (Wildman–Crippen LogP) is 2.62. The summed E-state index contributed by atoms with van der Waals surface area (Å²) in [6, 6.07) is 17.7. The lowest BCUT2D eigenvalue weighted by atomic mass is 9.94. The number of hydrogen-bond acceptors (Lipinski definition) is 3. The smallest absolute Gasteiger partial charge is 0.253 e. The highest BCUT2D eigenvalue weighted by molar-refractivity contribution is 6.10. The standard InChI is InChI=1S/C26H31N3O3/c30-24(27-21-14-8-3-9-15-21)23-25(31)28-22(18-20-12-6-2-7-13-20)26(32)29(23)17-16-19-10-4-1-5-11-19/h1-2,4-7,10-13,21-23H,3,8-9,14-18H2,(H,27,30)(H,28,31)/t22?,23-/m0/s1. The molecule has 2 aromatic carbocycles. The van der Waals surface area contributed by atoms with Gasteiger partial charge in [0.25, 0.3) is 11.8 Å². The van der Waals surface area contributed by atoms with Crippen molar-refractivity contribution in [2.45, 2.75) is 63.1 Å². The Kier molecular flexibility index (Phi) is 7.20. The minimum absolute atomic E-state index is 0.0807. The molecule has 0 spiro atoms. The van der Waals surface area contributed by atoms with Gasteiger partial charge in [-0.1, -0.05) is 79.9 Å². The molecule has 0 bridgehead atoms. The molecule has 2 aliphatic rings. The average Bonchev–Trinajstić information content (AvgIpc) is 2.82. The highest BCUT2D eigenvalue weighted by Crippen LogP contribution is 2.20. The Hall–Kier alpha value is -3.15. The summed E-state index contributed by atoms with van der Waals surface area (Å²) in [6.45, 7) is 0.324. The molecule has 1 saturated heterocycles. The van der Waals surface area contributed by atoms with E-state index in [1.807, 2.05) is 60.7 Å². The van der Waals surface area contributed by atoms with Crippen molar-refractivity contribution in [1.29, 1.82) is 0 Å². The second-order valence-electron chi connectivity index (χ2n) is 8.76.